The molecule has 1 unspecified atom stereocenters. The molecule has 0 fully saturated rings. The number of nitrogens with one attached hydrogen (secondary N) is 1. The molecule has 0 saturated carbocycles. The number of hydrogen-bond donors (Lipinski definition) is 1. The van der Waals surface area contributed by atoms with Crippen LogP contribution in [0.3, 0.4) is 0 Å². The van der Waals surface area contributed by atoms with Crippen LogP contribution in [0.15, 0.2) is 42.5 Å². The Hall–Kier alpha value is -2.90. The fourth-order valence-corrected chi connectivity index (χ4v) is 3.75. The van der Waals surface area contributed by atoms with E-state index in [2.05, 4.69) is 5.32 Å². The van der Waals surface area contributed by atoms with Crippen LogP contribution in [0.25, 0.3) is 0 Å². The third-order valence-corrected chi connectivity index (χ3v) is 5.28. The van der Waals surface area contributed by atoms with Gasteiger partial charge in [0, 0.05) is 25.9 Å². The van der Waals surface area contributed by atoms with Crippen molar-refractivity contribution in [3.63, 3.8) is 0 Å². The van der Waals surface area contributed by atoms with E-state index in [0.29, 0.717) is 6.07 Å². The molecule has 1 aliphatic rings. The van der Waals surface area contributed by atoms with Crippen LogP contribution in [0, 0.1) is 11.7 Å². The number of carbonyl (C=O) groups is 2. The van der Waals surface area contributed by atoms with Crippen molar-refractivity contribution >= 4 is 11.8 Å². The summed E-state index contributed by atoms with van der Waals surface area (Å²) >= 11 is 0. The second kappa shape index (κ2) is 9.08. The van der Waals surface area contributed by atoms with E-state index in [4.69, 9.17) is 0 Å². The first kappa shape index (κ1) is 22.8. The summed E-state index contributed by atoms with van der Waals surface area (Å²) in [5.74, 6) is -1.62. The van der Waals surface area contributed by atoms with Crippen LogP contribution >= 0.6 is 0 Å². The van der Waals surface area contributed by atoms with Gasteiger partial charge in [-0.05, 0) is 34.7 Å². The molecular formula is C23H24F4N2O2. The van der Waals surface area contributed by atoms with Gasteiger partial charge in [-0.2, -0.15) is 13.2 Å². The second-order valence-electron chi connectivity index (χ2n) is 8.13. The van der Waals surface area contributed by atoms with Gasteiger partial charge in [0.05, 0.1) is 5.56 Å². The zero-order valence-corrected chi connectivity index (χ0v) is 17.3. The third kappa shape index (κ3) is 5.42. The standard InChI is InChI=1S/C23H24F4N2O2/c1-14(2)9-21(30)29-13-17-6-4-3-5-15(17)10-20(29)22(31)28-12-16-7-8-18(24)11-19(16)23(25,26)27/h3-8,11,14,20H,9-10,12-13H2,1-2H3,(H,28,31). The van der Waals surface area contributed by atoms with Gasteiger partial charge < -0.3 is 10.2 Å². The predicted octanol–water partition coefficient (Wildman–Crippen LogP) is 4.46. The molecule has 0 radical (unpaired) electrons. The van der Waals surface area contributed by atoms with E-state index in [0.717, 1.165) is 23.3 Å². The van der Waals surface area contributed by atoms with E-state index in [-0.39, 0.29) is 36.8 Å². The van der Waals surface area contributed by atoms with Gasteiger partial charge in [0.25, 0.3) is 0 Å². The van der Waals surface area contributed by atoms with E-state index in [1.54, 1.807) is 0 Å². The number of rotatable bonds is 5. The monoisotopic (exact) mass is 436 g/mol. The molecule has 0 aliphatic carbocycles. The maximum absolute atomic E-state index is 13.3. The summed E-state index contributed by atoms with van der Waals surface area (Å²) in [6, 6.07) is 9.00. The molecule has 1 heterocycles. The number of amides is 2. The highest BCUT2D eigenvalue weighted by atomic mass is 19.4. The van der Waals surface area contributed by atoms with Crippen molar-refractivity contribution in [2.24, 2.45) is 5.92 Å². The Morgan fingerprint density at radius 1 is 1.13 bits per heavy atom. The molecule has 0 bridgehead atoms. The average molecular weight is 436 g/mol. The fraction of sp³-hybridized carbons (Fsp3) is 0.391. The Balaban J connectivity index is 1.81. The van der Waals surface area contributed by atoms with E-state index >= 15 is 0 Å². The molecule has 1 aliphatic heterocycles. The highest BCUT2D eigenvalue weighted by Gasteiger charge is 2.36. The Kier molecular flexibility index (Phi) is 6.67. The van der Waals surface area contributed by atoms with Crippen molar-refractivity contribution in [2.75, 3.05) is 0 Å². The number of hydrogen-bond acceptors (Lipinski definition) is 2. The number of alkyl halides is 3. The summed E-state index contributed by atoms with van der Waals surface area (Å²) in [6.07, 6.45) is -4.20. The quantitative estimate of drug-likeness (QED) is 0.704. The van der Waals surface area contributed by atoms with E-state index in [1.807, 2.05) is 38.1 Å². The molecule has 2 amide bonds. The second-order valence-corrected chi connectivity index (χ2v) is 8.13. The molecular weight excluding hydrogens is 412 g/mol. The lowest BCUT2D eigenvalue weighted by Crippen LogP contribution is -2.52. The van der Waals surface area contributed by atoms with Crippen LogP contribution in [0.4, 0.5) is 17.6 Å². The van der Waals surface area contributed by atoms with Gasteiger partial charge in [0.15, 0.2) is 0 Å². The molecule has 1 N–H and O–H groups in total. The Morgan fingerprint density at radius 2 is 1.81 bits per heavy atom. The van der Waals surface area contributed by atoms with Crippen LogP contribution in [-0.4, -0.2) is 22.8 Å². The van der Waals surface area contributed by atoms with Crippen LogP contribution in [0.1, 0.15) is 42.5 Å². The van der Waals surface area contributed by atoms with Gasteiger partial charge in [0.2, 0.25) is 11.8 Å². The number of fused-ring (bicyclic) bond motifs is 1. The number of benzene rings is 2. The summed E-state index contributed by atoms with van der Waals surface area (Å²) in [6.45, 7) is 3.65. The minimum atomic E-state index is -4.74. The molecule has 0 saturated heterocycles. The van der Waals surface area contributed by atoms with Crippen LogP contribution in [0.5, 0.6) is 0 Å². The minimum Gasteiger partial charge on any atom is -0.350 e. The van der Waals surface area contributed by atoms with E-state index in [1.165, 1.54) is 4.90 Å². The summed E-state index contributed by atoms with van der Waals surface area (Å²) in [5.41, 5.74) is 0.503. The first-order valence-corrected chi connectivity index (χ1v) is 10.1. The Morgan fingerprint density at radius 3 is 2.45 bits per heavy atom. The smallest absolute Gasteiger partial charge is 0.350 e. The van der Waals surface area contributed by atoms with Crippen molar-refractivity contribution in [1.29, 1.82) is 0 Å². The molecule has 2 aromatic rings. The van der Waals surface area contributed by atoms with Gasteiger partial charge in [0.1, 0.15) is 11.9 Å². The first-order chi connectivity index (χ1) is 14.6. The third-order valence-electron chi connectivity index (χ3n) is 5.28. The topological polar surface area (TPSA) is 49.4 Å². The van der Waals surface area contributed by atoms with Crippen molar-refractivity contribution in [3.05, 3.63) is 70.5 Å². The highest BCUT2D eigenvalue weighted by Crippen LogP contribution is 2.32. The van der Waals surface area contributed by atoms with Crippen molar-refractivity contribution in [2.45, 2.75) is 52.0 Å². The van der Waals surface area contributed by atoms with Gasteiger partial charge in [-0.1, -0.05) is 44.2 Å². The van der Waals surface area contributed by atoms with Gasteiger partial charge in [-0.25, -0.2) is 4.39 Å². The maximum Gasteiger partial charge on any atom is 0.416 e. The molecule has 0 spiro atoms. The lowest BCUT2D eigenvalue weighted by Gasteiger charge is -2.36. The first-order valence-electron chi connectivity index (χ1n) is 10.1. The lowest BCUT2D eigenvalue weighted by molar-refractivity contribution is -0.142. The summed E-state index contributed by atoms with van der Waals surface area (Å²) in [5, 5.41) is 2.51. The predicted molar refractivity (Wildman–Crippen MR) is 107 cm³/mol. The van der Waals surface area contributed by atoms with Crippen LogP contribution in [0.2, 0.25) is 0 Å². The van der Waals surface area contributed by atoms with Crippen LogP contribution in [-0.2, 0) is 35.3 Å². The average Bonchev–Trinajstić information content (AvgIpc) is 2.70. The molecule has 0 aromatic heterocycles. The summed E-state index contributed by atoms with van der Waals surface area (Å²) in [4.78, 5) is 27.2. The zero-order chi connectivity index (χ0) is 22.8. The molecule has 2 aromatic carbocycles. The SMILES string of the molecule is CC(C)CC(=O)N1Cc2ccccc2CC1C(=O)NCc1ccc(F)cc1C(F)(F)F. The lowest BCUT2D eigenvalue weighted by atomic mass is 9.92. The molecule has 8 heteroatoms. The summed E-state index contributed by atoms with van der Waals surface area (Å²) < 4.78 is 53.0. The molecule has 3 rings (SSSR count). The zero-order valence-electron chi connectivity index (χ0n) is 17.3. The fourth-order valence-electron chi connectivity index (χ4n) is 3.75. The molecule has 4 nitrogen and oxygen atoms in total. The minimum absolute atomic E-state index is 0.0990. The molecule has 166 valence electrons. The van der Waals surface area contributed by atoms with Crippen molar-refractivity contribution in [1.82, 2.24) is 10.2 Å². The largest absolute Gasteiger partial charge is 0.416 e. The molecule has 31 heavy (non-hydrogen) atoms. The Bertz CT molecular complexity index is 972. The number of carbonyl (C=O) groups excluding carboxylic acids is 2. The van der Waals surface area contributed by atoms with E-state index in [9.17, 15) is 27.2 Å². The van der Waals surface area contributed by atoms with E-state index < -0.39 is 36.1 Å². The van der Waals surface area contributed by atoms with Gasteiger partial charge in [-0.3, -0.25) is 9.59 Å². The van der Waals surface area contributed by atoms with Crippen molar-refractivity contribution < 1.29 is 27.2 Å². The summed E-state index contributed by atoms with van der Waals surface area (Å²) in [7, 11) is 0. The highest BCUT2D eigenvalue weighted by molar-refractivity contribution is 5.88. The van der Waals surface area contributed by atoms with Crippen molar-refractivity contribution in [3.8, 4) is 0 Å². The van der Waals surface area contributed by atoms with Gasteiger partial charge in [-0.15, -0.1) is 0 Å². The molecule has 1 atom stereocenters. The normalized spacial score (nSPS) is 16.2. The van der Waals surface area contributed by atoms with Crippen LogP contribution < -0.4 is 5.32 Å². The Labute approximate surface area is 178 Å². The number of halogens is 4. The van der Waals surface area contributed by atoms with Gasteiger partial charge >= 0.3 is 6.18 Å². The maximum atomic E-state index is 13.3. The number of nitrogens with zero attached hydrogens (tertiary/aromatic N) is 1.